The quantitative estimate of drug-likeness (QED) is 0.828. The van der Waals surface area contributed by atoms with Crippen LogP contribution in [0.3, 0.4) is 0 Å². The van der Waals surface area contributed by atoms with E-state index in [9.17, 15) is 10.2 Å². The van der Waals surface area contributed by atoms with Gasteiger partial charge in [0.15, 0.2) is 0 Å². The van der Waals surface area contributed by atoms with Crippen molar-refractivity contribution in [2.45, 2.75) is 18.6 Å². The number of hydrogen-bond donors (Lipinski definition) is 2. The molecular weight excluding hydrogens is 264 g/mol. The van der Waals surface area contributed by atoms with E-state index in [2.05, 4.69) is 0 Å². The molecule has 3 nitrogen and oxygen atoms in total. The minimum atomic E-state index is -1.01. The van der Waals surface area contributed by atoms with Crippen molar-refractivity contribution >= 4 is 22.4 Å². The van der Waals surface area contributed by atoms with Gasteiger partial charge in [-0.05, 0) is 23.3 Å². The number of rotatable bonds is 5. The summed E-state index contributed by atoms with van der Waals surface area (Å²) in [4.78, 5) is 0. The molecule has 0 spiro atoms. The van der Waals surface area contributed by atoms with E-state index in [1.165, 1.54) is 0 Å². The maximum absolute atomic E-state index is 10.3. The summed E-state index contributed by atoms with van der Waals surface area (Å²) in [5, 5.41) is 22.2. The van der Waals surface area contributed by atoms with Crippen LogP contribution in [-0.4, -0.2) is 29.3 Å². The van der Waals surface area contributed by atoms with E-state index in [-0.39, 0.29) is 0 Å². The Kier molecular flexibility index (Phi) is 4.64. The third-order valence-electron chi connectivity index (χ3n) is 3.22. The van der Waals surface area contributed by atoms with Gasteiger partial charge in [0, 0.05) is 11.4 Å². The summed E-state index contributed by atoms with van der Waals surface area (Å²) in [5.41, 5.74) is 0.609. The molecule has 0 aliphatic carbocycles. The Hall–Kier alpha value is -1.29. The lowest BCUT2D eigenvalue weighted by atomic mass is 9.95. The predicted octanol–water partition coefficient (Wildman–Crippen LogP) is 2.87. The molecule has 0 saturated heterocycles. The molecule has 102 valence electrons. The highest BCUT2D eigenvalue weighted by atomic mass is 35.5. The minimum Gasteiger partial charge on any atom is -0.496 e. The van der Waals surface area contributed by atoms with Crippen molar-refractivity contribution in [1.82, 2.24) is 0 Å². The molecule has 0 aromatic heterocycles. The molecule has 2 aromatic rings. The Morgan fingerprint density at radius 3 is 2.58 bits per heavy atom. The summed E-state index contributed by atoms with van der Waals surface area (Å²) in [7, 11) is 1.55. The minimum absolute atomic E-state index is 0.297. The van der Waals surface area contributed by atoms with E-state index in [0.29, 0.717) is 23.6 Å². The second-order valence-corrected chi connectivity index (χ2v) is 4.77. The Morgan fingerprint density at radius 1 is 1.16 bits per heavy atom. The molecule has 0 aliphatic heterocycles. The van der Waals surface area contributed by atoms with Crippen LogP contribution in [0.5, 0.6) is 5.75 Å². The highest BCUT2D eigenvalue weighted by Crippen LogP contribution is 2.35. The van der Waals surface area contributed by atoms with Gasteiger partial charge in [0.2, 0.25) is 0 Å². The summed E-state index contributed by atoms with van der Waals surface area (Å²) >= 11 is 5.62. The fourth-order valence-corrected chi connectivity index (χ4v) is 2.44. The molecule has 0 bridgehead atoms. The van der Waals surface area contributed by atoms with Gasteiger partial charge >= 0.3 is 0 Å². The second-order valence-electron chi connectivity index (χ2n) is 4.39. The van der Waals surface area contributed by atoms with Crippen molar-refractivity contribution in [3.63, 3.8) is 0 Å². The molecule has 0 amide bonds. The summed E-state index contributed by atoms with van der Waals surface area (Å²) in [6.07, 6.45) is -1.59. The van der Waals surface area contributed by atoms with Gasteiger partial charge in [-0.3, -0.25) is 0 Å². The van der Waals surface area contributed by atoms with Crippen molar-refractivity contribution in [3.05, 3.63) is 42.0 Å². The van der Waals surface area contributed by atoms with E-state index in [1.807, 2.05) is 30.3 Å². The first kappa shape index (κ1) is 14.1. The van der Waals surface area contributed by atoms with Gasteiger partial charge in [-0.15, -0.1) is 11.6 Å². The average Bonchev–Trinajstić information content (AvgIpc) is 2.45. The van der Waals surface area contributed by atoms with Crippen LogP contribution in [0.15, 0.2) is 36.4 Å². The number of benzene rings is 2. The van der Waals surface area contributed by atoms with Crippen molar-refractivity contribution in [2.75, 3.05) is 13.0 Å². The normalized spacial score (nSPS) is 14.3. The standard InChI is InChI=1S/C15H17ClO3/c1-19-13-7-6-10-4-2-3-5-11(10)14(13)15(18)12(17)8-9-16/h2-7,12,15,17-18H,8-9H2,1H3. The number of fused-ring (bicyclic) bond motifs is 1. The average molecular weight is 281 g/mol. The molecular formula is C15H17ClO3. The largest absolute Gasteiger partial charge is 0.496 e. The fourth-order valence-electron chi connectivity index (χ4n) is 2.22. The van der Waals surface area contributed by atoms with Gasteiger partial charge in [0.1, 0.15) is 11.9 Å². The molecule has 2 unspecified atom stereocenters. The van der Waals surface area contributed by atoms with Crippen molar-refractivity contribution in [1.29, 1.82) is 0 Å². The lowest BCUT2D eigenvalue weighted by Gasteiger charge is -2.21. The highest BCUT2D eigenvalue weighted by Gasteiger charge is 2.23. The number of hydrogen-bond acceptors (Lipinski definition) is 3. The smallest absolute Gasteiger partial charge is 0.125 e. The zero-order valence-electron chi connectivity index (χ0n) is 10.7. The Balaban J connectivity index is 2.55. The van der Waals surface area contributed by atoms with E-state index < -0.39 is 12.2 Å². The van der Waals surface area contributed by atoms with Crippen LogP contribution in [0, 0.1) is 0 Å². The third kappa shape index (κ3) is 2.84. The van der Waals surface area contributed by atoms with Crippen LogP contribution >= 0.6 is 11.6 Å². The van der Waals surface area contributed by atoms with Gasteiger partial charge in [0.25, 0.3) is 0 Å². The molecule has 0 saturated carbocycles. The zero-order chi connectivity index (χ0) is 13.8. The Bertz CT molecular complexity index is 556. The van der Waals surface area contributed by atoms with Crippen LogP contribution in [-0.2, 0) is 0 Å². The van der Waals surface area contributed by atoms with Gasteiger partial charge in [-0.2, -0.15) is 0 Å². The molecule has 2 N–H and O–H groups in total. The van der Waals surface area contributed by atoms with Gasteiger partial charge < -0.3 is 14.9 Å². The van der Waals surface area contributed by atoms with Crippen LogP contribution in [0.1, 0.15) is 18.1 Å². The molecule has 0 radical (unpaired) electrons. The number of methoxy groups -OCH3 is 1. The summed E-state index contributed by atoms with van der Waals surface area (Å²) < 4.78 is 5.30. The molecule has 0 aliphatic rings. The Labute approximate surface area is 117 Å². The molecule has 2 atom stereocenters. The number of halogens is 1. The lowest BCUT2D eigenvalue weighted by molar-refractivity contribution is 0.0165. The first-order valence-corrected chi connectivity index (χ1v) is 6.70. The second kappa shape index (κ2) is 6.24. The first-order valence-electron chi connectivity index (χ1n) is 6.16. The fraction of sp³-hybridized carbons (Fsp3) is 0.333. The third-order valence-corrected chi connectivity index (χ3v) is 3.43. The van der Waals surface area contributed by atoms with E-state index >= 15 is 0 Å². The van der Waals surface area contributed by atoms with Gasteiger partial charge in [-0.1, -0.05) is 30.3 Å². The van der Waals surface area contributed by atoms with E-state index in [4.69, 9.17) is 16.3 Å². The van der Waals surface area contributed by atoms with Gasteiger partial charge in [-0.25, -0.2) is 0 Å². The summed E-state index contributed by atoms with van der Waals surface area (Å²) in [6.45, 7) is 0. The zero-order valence-corrected chi connectivity index (χ0v) is 11.5. The van der Waals surface area contributed by atoms with E-state index in [1.54, 1.807) is 13.2 Å². The lowest BCUT2D eigenvalue weighted by Crippen LogP contribution is -2.19. The Morgan fingerprint density at radius 2 is 1.89 bits per heavy atom. The molecule has 0 fully saturated rings. The molecule has 4 heteroatoms. The summed E-state index contributed by atoms with van der Waals surface area (Å²) in [6, 6.07) is 11.4. The van der Waals surface area contributed by atoms with Gasteiger partial charge in [0.05, 0.1) is 13.2 Å². The predicted molar refractivity (Wildman–Crippen MR) is 76.8 cm³/mol. The summed E-state index contributed by atoms with van der Waals surface area (Å²) in [5.74, 6) is 0.866. The van der Waals surface area contributed by atoms with Crippen molar-refractivity contribution in [2.24, 2.45) is 0 Å². The number of aliphatic hydroxyl groups is 2. The SMILES string of the molecule is COc1ccc2ccccc2c1C(O)C(O)CCCl. The molecule has 0 heterocycles. The van der Waals surface area contributed by atoms with Crippen LogP contribution < -0.4 is 4.74 Å². The van der Waals surface area contributed by atoms with Crippen molar-refractivity contribution in [3.8, 4) is 5.75 Å². The number of alkyl halides is 1. The molecule has 19 heavy (non-hydrogen) atoms. The van der Waals surface area contributed by atoms with Crippen LogP contribution in [0.2, 0.25) is 0 Å². The first-order chi connectivity index (χ1) is 9.19. The van der Waals surface area contributed by atoms with Crippen LogP contribution in [0.25, 0.3) is 10.8 Å². The van der Waals surface area contributed by atoms with Crippen LogP contribution in [0.4, 0.5) is 0 Å². The van der Waals surface area contributed by atoms with E-state index in [0.717, 1.165) is 10.8 Å². The highest BCUT2D eigenvalue weighted by molar-refractivity contribution is 6.17. The number of aliphatic hydroxyl groups excluding tert-OH is 2. The van der Waals surface area contributed by atoms with Crippen molar-refractivity contribution < 1.29 is 14.9 Å². The number of ether oxygens (including phenoxy) is 1. The monoisotopic (exact) mass is 280 g/mol. The maximum Gasteiger partial charge on any atom is 0.125 e. The molecule has 2 rings (SSSR count). The molecule has 2 aromatic carbocycles. The topological polar surface area (TPSA) is 49.7 Å². The maximum atomic E-state index is 10.3.